The molecule has 2 N–H and O–H groups in total. The van der Waals surface area contributed by atoms with Crippen molar-refractivity contribution in [1.82, 2.24) is 10.6 Å². The van der Waals surface area contributed by atoms with Gasteiger partial charge in [0.1, 0.15) is 0 Å². The summed E-state index contributed by atoms with van der Waals surface area (Å²) in [6.45, 7) is 1.37. The first-order chi connectivity index (χ1) is 8.25. The predicted molar refractivity (Wildman–Crippen MR) is 71.6 cm³/mol. The molecule has 0 bridgehead atoms. The number of hydrogen-bond donors (Lipinski definition) is 2. The van der Waals surface area contributed by atoms with E-state index in [1.807, 2.05) is 24.3 Å². The highest BCUT2D eigenvalue weighted by atomic mass is 79.9. The third-order valence-corrected chi connectivity index (χ3v) is 3.57. The second kappa shape index (κ2) is 6.17. The molecule has 4 heteroatoms. The van der Waals surface area contributed by atoms with E-state index in [2.05, 4.69) is 26.6 Å². The average Bonchev–Trinajstić information content (AvgIpc) is 3.12. The molecule has 3 nitrogen and oxygen atoms in total. The molecule has 1 aliphatic carbocycles. The standard InChI is InChI=1S/C13H17BrN2O/c14-12-4-2-1-3-10(12)9-16-13(17)7-8-15-11-5-6-11/h1-4,11,15H,5-9H2,(H,16,17). The van der Waals surface area contributed by atoms with E-state index in [1.165, 1.54) is 12.8 Å². The minimum absolute atomic E-state index is 0.105. The van der Waals surface area contributed by atoms with Crippen LogP contribution in [0.15, 0.2) is 28.7 Å². The molecule has 0 saturated heterocycles. The summed E-state index contributed by atoms with van der Waals surface area (Å²) in [7, 11) is 0. The molecule has 0 unspecified atom stereocenters. The summed E-state index contributed by atoms with van der Waals surface area (Å²) in [6, 6.07) is 8.60. The number of hydrogen-bond acceptors (Lipinski definition) is 2. The van der Waals surface area contributed by atoms with Gasteiger partial charge in [0.15, 0.2) is 0 Å². The van der Waals surface area contributed by atoms with Crippen LogP contribution >= 0.6 is 15.9 Å². The number of rotatable bonds is 6. The van der Waals surface area contributed by atoms with Crippen molar-refractivity contribution in [2.75, 3.05) is 6.54 Å². The van der Waals surface area contributed by atoms with Crippen LogP contribution in [0.5, 0.6) is 0 Å². The molecule has 0 radical (unpaired) electrons. The van der Waals surface area contributed by atoms with Crippen molar-refractivity contribution < 1.29 is 4.79 Å². The van der Waals surface area contributed by atoms with E-state index in [-0.39, 0.29) is 5.91 Å². The average molecular weight is 297 g/mol. The zero-order chi connectivity index (χ0) is 12.1. The molecule has 0 spiro atoms. The summed E-state index contributed by atoms with van der Waals surface area (Å²) in [5, 5.41) is 6.25. The highest BCUT2D eigenvalue weighted by Gasteiger charge is 2.19. The fourth-order valence-electron chi connectivity index (χ4n) is 1.60. The van der Waals surface area contributed by atoms with E-state index >= 15 is 0 Å². The van der Waals surface area contributed by atoms with Gasteiger partial charge >= 0.3 is 0 Å². The van der Waals surface area contributed by atoms with Crippen LogP contribution in [0.1, 0.15) is 24.8 Å². The fourth-order valence-corrected chi connectivity index (χ4v) is 2.03. The van der Waals surface area contributed by atoms with Crippen molar-refractivity contribution in [3.05, 3.63) is 34.3 Å². The van der Waals surface area contributed by atoms with E-state index < -0.39 is 0 Å². The van der Waals surface area contributed by atoms with Gasteiger partial charge in [0, 0.05) is 30.0 Å². The molecule has 2 rings (SSSR count). The monoisotopic (exact) mass is 296 g/mol. The summed E-state index contributed by atoms with van der Waals surface area (Å²) < 4.78 is 1.04. The van der Waals surface area contributed by atoms with Gasteiger partial charge in [0.05, 0.1) is 0 Å². The highest BCUT2D eigenvalue weighted by Crippen LogP contribution is 2.18. The Labute approximate surface area is 110 Å². The third-order valence-electron chi connectivity index (χ3n) is 2.80. The van der Waals surface area contributed by atoms with E-state index in [9.17, 15) is 4.79 Å². The van der Waals surface area contributed by atoms with Crippen molar-refractivity contribution in [1.29, 1.82) is 0 Å². The number of nitrogens with one attached hydrogen (secondary N) is 2. The Kier molecular flexibility index (Phi) is 4.57. The molecule has 92 valence electrons. The SMILES string of the molecule is O=C(CCNC1CC1)NCc1ccccc1Br. The van der Waals surface area contributed by atoms with Crippen LogP contribution in [-0.4, -0.2) is 18.5 Å². The Bertz CT molecular complexity index is 391. The van der Waals surface area contributed by atoms with Gasteiger partial charge in [0.25, 0.3) is 0 Å². The molecule has 1 aliphatic rings. The molecule has 0 heterocycles. The van der Waals surface area contributed by atoms with Crippen molar-refractivity contribution in [3.63, 3.8) is 0 Å². The number of amides is 1. The lowest BCUT2D eigenvalue weighted by Gasteiger charge is -2.07. The lowest BCUT2D eigenvalue weighted by molar-refractivity contribution is -0.121. The predicted octanol–water partition coefficient (Wildman–Crippen LogP) is 2.21. The normalized spacial score (nSPS) is 14.6. The molecule has 0 atom stereocenters. The molecule has 1 saturated carbocycles. The molecule has 0 aliphatic heterocycles. The fraction of sp³-hybridized carbons (Fsp3) is 0.462. The van der Waals surface area contributed by atoms with E-state index in [1.54, 1.807) is 0 Å². The minimum atomic E-state index is 0.105. The Balaban J connectivity index is 1.66. The third kappa shape index (κ3) is 4.48. The van der Waals surface area contributed by atoms with Gasteiger partial charge < -0.3 is 10.6 Å². The molecule has 0 aromatic heterocycles. The lowest BCUT2D eigenvalue weighted by atomic mass is 10.2. The number of benzene rings is 1. The first-order valence-corrected chi connectivity index (χ1v) is 6.78. The Hall–Kier alpha value is -0.870. The van der Waals surface area contributed by atoms with Gasteiger partial charge in [-0.3, -0.25) is 4.79 Å². The van der Waals surface area contributed by atoms with Crippen LogP contribution in [-0.2, 0) is 11.3 Å². The van der Waals surface area contributed by atoms with Gasteiger partial charge in [-0.25, -0.2) is 0 Å². The summed E-state index contributed by atoms with van der Waals surface area (Å²) in [6.07, 6.45) is 3.08. The summed E-state index contributed by atoms with van der Waals surface area (Å²) >= 11 is 3.46. The Morgan fingerprint density at radius 2 is 2.12 bits per heavy atom. The first kappa shape index (κ1) is 12.6. The van der Waals surface area contributed by atoms with Crippen LogP contribution in [0.25, 0.3) is 0 Å². The van der Waals surface area contributed by atoms with Crippen LogP contribution in [0.4, 0.5) is 0 Å². The molecule has 1 fully saturated rings. The van der Waals surface area contributed by atoms with Gasteiger partial charge in [-0.2, -0.15) is 0 Å². The zero-order valence-corrected chi connectivity index (χ0v) is 11.3. The second-order valence-corrected chi connectivity index (χ2v) is 5.20. The minimum Gasteiger partial charge on any atom is -0.352 e. The molecular formula is C13H17BrN2O. The number of carbonyl (C=O) groups is 1. The smallest absolute Gasteiger partial charge is 0.221 e. The molecular weight excluding hydrogens is 280 g/mol. The number of carbonyl (C=O) groups excluding carboxylic acids is 1. The second-order valence-electron chi connectivity index (χ2n) is 4.35. The summed E-state index contributed by atoms with van der Waals surface area (Å²) in [4.78, 5) is 11.6. The van der Waals surface area contributed by atoms with Gasteiger partial charge in [-0.1, -0.05) is 34.1 Å². The Morgan fingerprint density at radius 1 is 1.35 bits per heavy atom. The largest absolute Gasteiger partial charge is 0.352 e. The summed E-state index contributed by atoms with van der Waals surface area (Å²) in [5.74, 6) is 0.105. The summed E-state index contributed by atoms with van der Waals surface area (Å²) in [5.41, 5.74) is 1.11. The zero-order valence-electron chi connectivity index (χ0n) is 9.71. The maximum atomic E-state index is 11.6. The van der Waals surface area contributed by atoms with E-state index in [0.29, 0.717) is 19.0 Å². The first-order valence-electron chi connectivity index (χ1n) is 5.99. The van der Waals surface area contributed by atoms with E-state index in [0.717, 1.165) is 16.6 Å². The van der Waals surface area contributed by atoms with E-state index in [4.69, 9.17) is 0 Å². The molecule has 1 amide bonds. The van der Waals surface area contributed by atoms with Gasteiger partial charge in [-0.05, 0) is 24.5 Å². The topological polar surface area (TPSA) is 41.1 Å². The highest BCUT2D eigenvalue weighted by molar-refractivity contribution is 9.10. The van der Waals surface area contributed by atoms with Crippen LogP contribution in [0.2, 0.25) is 0 Å². The lowest BCUT2D eigenvalue weighted by Crippen LogP contribution is -2.28. The molecule has 17 heavy (non-hydrogen) atoms. The van der Waals surface area contributed by atoms with Crippen LogP contribution in [0.3, 0.4) is 0 Å². The van der Waals surface area contributed by atoms with Crippen LogP contribution < -0.4 is 10.6 Å². The van der Waals surface area contributed by atoms with Crippen molar-refractivity contribution in [2.45, 2.75) is 31.8 Å². The maximum Gasteiger partial charge on any atom is 0.221 e. The molecule has 1 aromatic rings. The maximum absolute atomic E-state index is 11.6. The van der Waals surface area contributed by atoms with Crippen molar-refractivity contribution in [3.8, 4) is 0 Å². The van der Waals surface area contributed by atoms with Gasteiger partial charge in [-0.15, -0.1) is 0 Å². The van der Waals surface area contributed by atoms with Crippen molar-refractivity contribution in [2.24, 2.45) is 0 Å². The Morgan fingerprint density at radius 3 is 2.82 bits per heavy atom. The molecule has 1 aromatic carbocycles. The van der Waals surface area contributed by atoms with Gasteiger partial charge in [0.2, 0.25) is 5.91 Å². The van der Waals surface area contributed by atoms with Crippen molar-refractivity contribution >= 4 is 21.8 Å². The van der Waals surface area contributed by atoms with Crippen LogP contribution in [0, 0.1) is 0 Å². The quantitative estimate of drug-likeness (QED) is 0.845. The number of halogens is 1.